The Morgan fingerprint density at radius 2 is 1.31 bits per heavy atom. The van der Waals surface area contributed by atoms with E-state index in [2.05, 4.69) is 64.6 Å². The summed E-state index contributed by atoms with van der Waals surface area (Å²) in [6.45, 7) is -0.0653. The number of allylic oxidation sites excluding steroid dienone is 8. The van der Waals surface area contributed by atoms with Crippen LogP contribution in [0.15, 0.2) is 48.6 Å². The zero-order chi connectivity index (χ0) is 26.9. The van der Waals surface area contributed by atoms with Gasteiger partial charge < -0.3 is 24.9 Å². The first-order valence-electron chi connectivity index (χ1n) is 12.6. The molecule has 0 saturated heterocycles. The summed E-state index contributed by atoms with van der Waals surface area (Å²) in [4.78, 5) is 21.1. The number of hydrogen-bond donors (Lipinski definition) is 4. The lowest BCUT2D eigenvalue weighted by Gasteiger charge is -2.16. The molecule has 0 saturated carbocycles. The van der Waals surface area contributed by atoms with Crippen molar-refractivity contribution < 1.29 is 43.4 Å². The van der Waals surface area contributed by atoms with E-state index in [-0.39, 0.29) is 13.0 Å². The minimum absolute atomic E-state index is 0.234. The lowest BCUT2D eigenvalue weighted by Crippen LogP contribution is -2.24. The molecule has 3 atom stereocenters. The van der Waals surface area contributed by atoms with Crippen molar-refractivity contribution in [2.24, 2.45) is 0 Å². The van der Waals surface area contributed by atoms with Gasteiger partial charge in [-0.15, -0.1) is 0 Å². The fourth-order valence-corrected chi connectivity index (χ4v) is 3.54. The van der Waals surface area contributed by atoms with Crippen molar-refractivity contribution in [2.45, 2.75) is 83.3 Å². The zero-order valence-corrected chi connectivity index (χ0v) is 22.3. The van der Waals surface area contributed by atoms with Gasteiger partial charge in [0.2, 0.25) is 0 Å². The van der Waals surface area contributed by atoms with Gasteiger partial charge in [0.1, 0.15) is 18.8 Å². The van der Waals surface area contributed by atoms with Crippen LogP contribution in [-0.2, 0) is 23.1 Å². The van der Waals surface area contributed by atoms with Gasteiger partial charge in [0.25, 0.3) is 0 Å². The molecular formula is C26H45O9P. The highest BCUT2D eigenvalue weighted by atomic mass is 31.2. The molecular weight excluding hydrogens is 487 g/mol. The molecule has 0 aromatic carbocycles. The predicted molar refractivity (Wildman–Crippen MR) is 140 cm³/mol. The Morgan fingerprint density at radius 3 is 1.89 bits per heavy atom. The Bertz CT molecular complexity index is 704. The molecule has 208 valence electrons. The van der Waals surface area contributed by atoms with Crippen molar-refractivity contribution >= 4 is 13.8 Å². The van der Waals surface area contributed by atoms with E-state index >= 15 is 0 Å². The van der Waals surface area contributed by atoms with Gasteiger partial charge in [-0.05, 0) is 44.9 Å². The van der Waals surface area contributed by atoms with E-state index in [4.69, 9.17) is 14.9 Å². The van der Waals surface area contributed by atoms with Crippen LogP contribution in [0, 0.1) is 0 Å². The Labute approximate surface area is 215 Å². The number of esters is 1. The van der Waals surface area contributed by atoms with Crippen LogP contribution in [0.25, 0.3) is 0 Å². The molecule has 0 bridgehead atoms. The number of hydrogen-bond acceptors (Lipinski definition) is 8. The molecule has 0 fully saturated rings. The molecule has 0 aromatic heterocycles. The van der Waals surface area contributed by atoms with E-state index in [1.807, 2.05) is 0 Å². The summed E-state index contributed by atoms with van der Waals surface area (Å²) in [5.74, 6) is -0.456. The molecule has 4 N–H and O–H groups in total. The number of rotatable bonds is 23. The zero-order valence-electron chi connectivity index (χ0n) is 21.5. The minimum Gasteiger partial charge on any atom is -0.463 e. The molecule has 10 heteroatoms. The summed E-state index contributed by atoms with van der Waals surface area (Å²) in [7, 11) is -4.49. The Balaban J connectivity index is 3.66. The van der Waals surface area contributed by atoms with Crippen molar-refractivity contribution in [3.63, 3.8) is 0 Å². The number of aliphatic hydroxyl groups is 3. The second-order valence-electron chi connectivity index (χ2n) is 8.19. The third-order valence-electron chi connectivity index (χ3n) is 4.73. The third kappa shape index (κ3) is 24.1. The van der Waals surface area contributed by atoms with Crippen LogP contribution in [0.5, 0.6) is 0 Å². The van der Waals surface area contributed by atoms with Crippen LogP contribution in [0.1, 0.15) is 71.1 Å². The molecule has 0 aliphatic rings. The summed E-state index contributed by atoms with van der Waals surface area (Å²) < 4.78 is 25.5. The highest BCUT2D eigenvalue weighted by Crippen LogP contribution is 2.43. The van der Waals surface area contributed by atoms with Crippen molar-refractivity contribution in [2.75, 3.05) is 26.4 Å². The second kappa shape index (κ2) is 23.8. The molecule has 3 unspecified atom stereocenters. The molecule has 0 spiro atoms. The number of phosphoric acid groups is 1. The molecule has 0 radical (unpaired) electrons. The van der Waals surface area contributed by atoms with Gasteiger partial charge in [0.05, 0.1) is 19.8 Å². The van der Waals surface area contributed by atoms with E-state index in [0.29, 0.717) is 6.42 Å². The summed E-state index contributed by atoms with van der Waals surface area (Å²) in [5, 5.41) is 27.4. The third-order valence-corrected chi connectivity index (χ3v) is 5.68. The average molecular weight is 533 g/mol. The summed E-state index contributed by atoms with van der Waals surface area (Å²) in [5.41, 5.74) is 0. The first-order valence-corrected chi connectivity index (χ1v) is 14.1. The molecule has 0 aromatic rings. The smallest absolute Gasteiger partial charge is 0.463 e. The van der Waals surface area contributed by atoms with Crippen LogP contribution < -0.4 is 0 Å². The molecule has 0 aliphatic carbocycles. The van der Waals surface area contributed by atoms with Gasteiger partial charge in [0.15, 0.2) is 0 Å². The quantitative estimate of drug-likeness (QED) is 0.0646. The van der Waals surface area contributed by atoms with Crippen molar-refractivity contribution in [3.8, 4) is 0 Å². The van der Waals surface area contributed by atoms with E-state index in [1.165, 1.54) is 0 Å². The van der Waals surface area contributed by atoms with Gasteiger partial charge in [-0.2, -0.15) is 0 Å². The van der Waals surface area contributed by atoms with Gasteiger partial charge in [-0.3, -0.25) is 13.8 Å². The van der Waals surface area contributed by atoms with Crippen LogP contribution in [0.2, 0.25) is 0 Å². The largest absolute Gasteiger partial charge is 0.472 e. The molecule has 9 nitrogen and oxygen atoms in total. The maximum atomic E-state index is 11.7. The van der Waals surface area contributed by atoms with E-state index in [9.17, 15) is 19.4 Å². The SMILES string of the molecule is CC/C=C\C/C=C\C/C=C\C/C=C\CCCCCCC(=O)OCC(O)COP(=O)(O)OCC(O)CO. The van der Waals surface area contributed by atoms with E-state index in [1.54, 1.807) is 0 Å². The van der Waals surface area contributed by atoms with Crippen LogP contribution in [0.4, 0.5) is 0 Å². The Kier molecular flexibility index (Phi) is 22.8. The summed E-state index contributed by atoms with van der Waals surface area (Å²) in [6.07, 6.45) is 23.6. The molecule has 0 aliphatic heterocycles. The number of ether oxygens (including phenoxy) is 1. The Hall–Kier alpha value is -1.58. The van der Waals surface area contributed by atoms with Gasteiger partial charge in [-0.1, -0.05) is 68.4 Å². The first kappa shape index (κ1) is 34.4. The van der Waals surface area contributed by atoms with Crippen LogP contribution in [-0.4, -0.2) is 64.8 Å². The number of carbonyl (C=O) groups is 1. The van der Waals surface area contributed by atoms with Crippen LogP contribution >= 0.6 is 7.82 Å². The van der Waals surface area contributed by atoms with Crippen molar-refractivity contribution in [1.29, 1.82) is 0 Å². The lowest BCUT2D eigenvalue weighted by atomic mass is 10.1. The topological polar surface area (TPSA) is 143 Å². The maximum absolute atomic E-state index is 11.7. The van der Waals surface area contributed by atoms with E-state index < -0.39 is 45.8 Å². The number of phosphoric ester groups is 1. The number of aliphatic hydroxyl groups excluding tert-OH is 3. The fourth-order valence-electron chi connectivity index (χ4n) is 2.74. The average Bonchev–Trinajstić information content (AvgIpc) is 2.86. The summed E-state index contributed by atoms with van der Waals surface area (Å²) >= 11 is 0. The highest BCUT2D eigenvalue weighted by Gasteiger charge is 2.24. The second-order valence-corrected chi connectivity index (χ2v) is 9.64. The van der Waals surface area contributed by atoms with Gasteiger partial charge >= 0.3 is 13.8 Å². The predicted octanol–water partition coefficient (Wildman–Crippen LogP) is 4.52. The lowest BCUT2D eigenvalue weighted by molar-refractivity contribution is -0.147. The van der Waals surface area contributed by atoms with Crippen LogP contribution in [0.3, 0.4) is 0 Å². The van der Waals surface area contributed by atoms with Crippen molar-refractivity contribution in [1.82, 2.24) is 0 Å². The Morgan fingerprint density at radius 1 is 0.778 bits per heavy atom. The van der Waals surface area contributed by atoms with Gasteiger partial charge in [0, 0.05) is 6.42 Å². The molecule has 0 heterocycles. The maximum Gasteiger partial charge on any atom is 0.472 e. The first-order chi connectivity index (χ1) is 17.3. The standard InChI is InChI=1S/C26H45O9P/c1-2-3-4-5-6-7-8-9-10-11-12-13-14-15-16-17-18-19-26(30)33-21-25(29)23-35-36(31,32)34-22-24(28)20-27/h3-4,6-7,9-10,12-13,24-25,27-29H,2,5,8,11,14-23H2,1H3,(H,31,32)/b4-3-,7-6-,10-9-,13-12-. The number of carbonyl (C=O) groups excluding carboxylic acids is 1. The van der Waals surface area contributed by atoms with E-state index in [0.717, 1.165) is 51.4 Å². The van der Waals surface area contributed by atoms with Gasteiger partial charge in [-0.25, -0.2) is 4.57 Å². The molecule has 0 amide bonds. The molecule has 0 rings (SSSR count). The summed E-state index contributed by atoms with van der Waals surface area (Å²) in [6, 6.07) is 0. The highest BCUT2D eigenvalue weighted by molar-refractivity contribution is 7.47. The number of unbranched alkanes of at least 4 members (excludes halogenated alkanes) is 4. The van der Waals surface area contributed by atoms with Crippen molar-refractivity contribution in [3.05, 3.63) is 48.6 Å². The fraction of sp³-hybridized carbons (Fsp3) is 0.654. The normalized spacial score (nSPS) is 15.8. The monoisotopic (exact) mass is 532 g/mol. The molecule has 36 heavy (non-hydrogen) atoms. The minimum atomic E-state index is -4.49.